The van der Waals surface area contributed by atoms with E-state index in [0.717, 1.165) is 19.3 Å². The van der Waals surface area contributed by atoms with Crippen molar-refractivity contribution in [1.82, 2.24) is 0 Å². The molecular weight excluding hydrogens is 367 g/mol. The molecule has 0 aliphatic rings. The first-order valence-electron chi connectivity index (χ1n) is 7.40. The summed E-state index contributed by atoms with van der Waals surface area (Å²) < 4.78 is 7.72. The Morgan fingerprint density at radius 3 is 2.30 bits per heavy atom. The van der Waals surface area contributed by atoms with E-state index in [1.165, 1.54) is 5.19 Å². The first kappa shape index (κ1) is 17.7. The molecule has 0 aliphatic carbocycles. The molecule has 1 aromatic rings. The summed E-state index contributed by atoms with van der Waals surface area (Å²) in [6.45, 7) is 7.60. The molecule has 0 N–H and O–H groups in total. The second-order valence-corrected chi connectivity index (χ2v) is 22.2. The van der Waals surface area contributed by atoms with Gasteiger partial charge in [0.2, 0.25) is 0 Å². The van der Waals surface area contributed by atoms with Crippen molar-refractivity contribution in [3.63, 3.8) is 0 Å². The van der Waals surface area contributed by atoms with Crippen molar-refractivity contribution in [1.29, 1.82) is 0 Å². The zero-order valence-corrected chi connectivity index (χ0v) is 17.5. The topological polar surface area (TPSA) is 9.23 Å². The van der Waals surface area contributed by atoms with Gasteiger partial charge in [-0.2, -0.15) is 0 Å². The fraction of sp³-hybridized carbons (Fsp3) is 0.412. The number of hydrogen-bond donors (Lipinski definition) is 0. The van der Waals surface area contributed by atoms with Gasteiger partial charge in [0.1, 0.15) is 0 Å². The minimum atomic E-state index is -1.90. The van der Waals surface area contributed by atoms with Crippen molar-refractivity contribution >= 4 is 36.9 Å². The summed E-state index contributed by atoms with van der Waals surface area (Å²) in [4.78, 5) is 7.35. The van der Waals surface area contributed by atoms with E-state index in [1.807, 2.05) is 12.2 Å². The van der Waals surface area contributed by atoms with Crippen molar-refractivity contribution in [3.8, 4) is 0 Å². The van der Waals surface area contributed by atoms with E-state index in [9.17, 15) is 0 Å². The van der Waals surface area contributed by atoms with Gasteiger partial charge in [0.15, 0.2) is 0 Å². The average Bonchev–Trinajstić information content (AvgIpc) is 2.41. The van der Waals surface area contributed by atoms with E-state index < -0.39 is 28.1 Å². The van der Waals surface area contributed by atoms with Gasteiger partial charge < -0.3 is 0 Å². The fourth-order valence-corrected chi connectivity index (χ4v) is 6.56. The van der Waals surface area contributed by atoms with Crippen LogP contribution in [0.2, 0.25) is 14.8 Å². The van der Waals surface area contributed by atoms with Gasteiger partial charge in [0.05, 0.1) is 0 Å². The van der Waals surface area contributed by atoms with Crippen molar-refractivity contribution < 1.29 is 4.43 Å². The van der Waals surface area contributed by atoms with Crippen LogP contribution < -0.4 is 8.77 Å². The van der Waals surface area contributed by atoms with E-state index >= 15 is 0 Å². The predicted molar refractivity (Wildman–Crippen MR) is 96.7 cm³/mol. The van der Waals surface area contributed by atoms with Gasteiger partial charge in [-0.15, -0.1) is 0 Å². The van der Waals surface area contributed by atoms with Crippen LogP contribution in [0.15, 0.2) is 49.6 Å². The monoisotopic (exact) mass is 396 g/mol. The number of benzene rings is 1. The Hall–Kier alpha value is -0.324. The average molecular weight is 395 g/mol. The SMILES string of the molecule is C=CCCC(CC=C)O[SiH2]c1cc[c]([Sn]([CH3])([CH3])[CH3])cc1. The van der Waals surface area contributed by atoms with E-state index in [2.05, 4.69) is 52.2 Å². The van der Waals surface area contributed by atoms with Gasteiger partial charge in [-0.25, -0.2) is 0 Å². The Bertz CT molecular complexity index is 420. The molecule has 1 nitrogen and oxygen atoms in total. The number of allylic oxidation sites excluding steroid dienone is 1. The second kappa shape index (κ2) is 8.85. The van der Waals surface area contributed by atoms with Crippen LogP contribution in [0.25, 0.3) is 0 Å². The Balaban J connectivity index is 2.54. The molecule has 1 aromatic carbocycles. The molecule has 0 saturated carbocycles. The molecule has 1 atom stereocenters. The maximum absolute atomic E-state index is 6.13. The number of rotatable bonds is 9. The molecule has 0 spiro atoms. The molecule has 20 heavy (non-hydrogen) atoms. The molecule has 0 aromatic heterocycles. The van der Waals surface area contributed by atoms with E-state index in [1.54, 1.807) is 3.58 Å². The quantitative estimate of drug-likeness (QED) is 0.462. The van der Waals surface area contributed by atoms with E-state index in [4.69, 9.17) is 4.43 Å². The van der Waals surface area contributed by atoms with Gasteiger partial charge in [-0.3, -0.25) is 0 Å². The Morgan fingerprint density at radius 2 is 1.80 bits per heavy atom. The molecule has 0 fully saturated rings. The molecule has 0 saturated heterocycles. The normalized spacial score (nSPS) is 13.6. The zero-order chi connectivity index (χ0) is 15.0. The molecule has 3 heteroatoms. The van der Waals surface area contributed by atoms with Crippen molar-refractivity contribution in [2.75, 3.05) is 0 Å². The van der Waals surface area contributed by atoms with Crippen LogP contribution in [-0.2, 0) is 4.43 Å². The van der Waals surface area contributed by atoms with Gasteiger partial charge in [0.25, 0.3) is 0 Å². The van der Waals surface area contributed by atoms with Crippen molar-refractivity contribution in [2.24, 2.45) is 0 Å². The minimum absolute atomic E-state index is 0.318. The van der Waals surface area contributed by atoms with Crippen LogP contribution in [0.1, 0.15) is 19.3 Å². The van der Waals surface area contributed by atoms with E-state index in [-0.39, 0.29) is 0 Å². The molecule has 0 bridgehead atoms. The predicted octanol–water partition coefficient (Wildman–Crippen LogP) is 2.87. The van der Waals surface area contributed by atoms with Crippen LogP contribution >= 0.6 is 0 Å². The Morgan fingerprint density at radius 1 is 1.15 bits per heavy atom. The molecule has 0 amide bonds. The third-order valence-electron chi connectivity index (χ3n) is 3.43. The summed E-state index contributed by atoms with van der Waals surface area (Å²) in [5.41, 5.74) is 0. The molecule has 110 valence electrons. The molecule has 0 radical (unpaired) electrons. The summed E-state index contributed by atoms with van der Waals surface area (Å²) >= 11 is -1.90. The summed E-state index contributed by atoms with van der Waals surface area (Å²) in [5.74, 6) is 0. The first-order valence-corrected chi connectivity index (χ1v) is 18.7. The first-order chi connectivity index (χ1) is 9.47. The summed E-state index contributed by atoms with van der Waals surface area (Å²) in [5, 5.41) is 1.40. The van der Waals surface area contributed by atoms with Gasteiger partial charge in [-0.1, -0.05) is 0 Å². The Kier molecular flexibility index (Phi) is 7.84. The molecule has 0 aliphatic heterocycles. The number of hydrogen-bond acceptors (Lipinski definition) is 1. The third-order valence-corrected chi connectivity index (χ3v) is 10.8. The van der Waals surface area contributed by atoms with Gasteiger partial charge in [-0.05, 0) is 0 Å². The summed E-state index contributed by atoms with van der Waals surface area (Å²) in [6, 6.07) is 9.21. The summed E-state index contributed by atoms with van der Waals surface area (Å²) in [7, 11) is -0.626. The standard InChI is InChI=1S/C14H19OSi.3CH3.Sn/c1-3-5-10-13(9-4-2)15-16-14-11-7-6-8-12-14;;;;/h3-4,7-8,11-13H,1-2,5,9-10,16H2;3*1H3;. The molecular formula is C17H28OSiSn. The van der Waals surface area contributed by atoms with Crippen LogP contribution in [0, 0.1) is 0 Å². The van der Waals surface area contributed by atoms with E-state index in [0.29, 0.717) is 6.10 Å². The van der Waals surface area contributed by atoms with Gasteiger partial charge >= 0.3 is 131 Å². The zero-order valence-electron chi connectivity index (χ0n) is 13.2. The third kappa shape index (κ3) is 6.42. The molecule has 1 rings (SSSR count). The maximum atomic E-state index is 6.13. The second-order valence-electron chi connectivity index (χ2n) is 6.27. The Labute approximate surface area is 130 Å². The van der Waals surface area contributed by atoms with Crippen molar-refractivity contribution in [3.05, 3.63) is 49.6 Å². The van der Waals surface area contributed by atoms with Crippen LogP contribution in [0.3, 0.4) is 0 Å². The van der Waals surface area contributed by atoms with Crippen LogP contribution in [0.4, 0.5) is 0 Å². The molecule has 1 unspecified atom stereocenters. The summed E-state index contributed by atoms with van der Waals surface area (Å²) in [6.07, 6.45) is 7.25. The van der Waals surface area contributed by atoms with Crippen LogP contribution in [0.5, 0.6) is 0 Å². The molecule has 0 heterocycles. The van der Waals surface area contributed by atoms with Crippen LogP contribution in [-0.4, -0.2) is 34.2 Å². The van der Waals surface area contributed by atoms with Crippen molar-refractivity contribution in [2.45, 2.75) is 40.2 Å². The fourth-order valence-electron chi connectivity index (χ4n) is 2.07. The van der Waals surface area contributed by atoms with Gasteiger partial charge in [0, 0.05) is 0 Å².